The summed E-state index contributed by atoms with van der Waals surface area (Å²) < 4.78 is 13.8. The number of aromatic nitrogens is 2. The van der Waals surface area contributed by atoms with Gasteiger partial charge in [-0.25, -0.2) is 9.37 Å². The Bertz CT molecular complexity index is 910. The van der Waals surface area contributed by atoms with E-state index in [1.807, 2.05) is 6.92 Å². The number of halogens is 1. The molecule has 1 heterocycles. The average Bonchev–Trinajstić information content (AvgIpc) is 2.57. The van der Waals surface area contributed by atoms with Crippen molar-refractivity contribution < 1.29 is 9.18 Å². The average molecular weight is 336 g/mol. The first-order chi connectivity index (χ1) is 12.0. The van der Waals surface area contributed by atoms with Gasteiger partial charge in [0.05, 0.1) is 5.69 Å². The number of hydrogen-bond acceptors (Lipinski definition) is 5. The van der Waals surface area contributed by atoms with Crippen molar-refractivity contribution in [1.29, 1.82) is 0 Å². The van der Waals surface area contributed by atoms with Crippen LogP contribution in [0, 0.1) is 12.7 Å². The van der Waals surface area contributed by atoms with Crippen molar-refractivity contribution in [2.24, 2.45) is 0 Å². The number of nitrogens with zero attached hydrogens (tertiary/aromatic N) is 2. The van der Waals surface area contributed by atoms with E-state index in [0.717, 1.165) is 11.4 Å². The van der Waals surface area contributed by atoms with Crippen molar-refractivity contribution in [2.75, 3.05) is 10.6 Å². The number of hydrogen-bond donors (Lipinski definition) is 2. The monoisotopic (exact) mass is 336 g/mol. The molecule has 3 rings (SSSR count). The van der Waals surface area contributed by atoms with Crippen LogP contribution in [-0.4, -0.2) is 15.8 Å². The zero-order chi connectivity index (χ0) is 17.8. The third-order valence-electron chi connectivity index (χ3n) is 3.54. The molecule has 0 bridgehead atoms. The molecule has 0 unspecified atom stereocenters. The number of aryl methyl sites for hydroxylation is 1. The fourth-order valence-corrected chi connectivity index (χ4v) is 2.31. The molecule has 2 N–H and O–H groups in total. The van der Waals surface area contributed by atoms with Gasteiger partial charge in [-0.1, -0.05) is 12.1 Å². The minimum atomic E-state index is -0.354. The molecule has 5 nitrogen and oxygen atoms in total. The number of benzene rings is 2. The number of carbonyl (C=O) groups excluding carboxylic acids is 1. The molecule has 0 spiro atoms. The number of carbonyl (C=O) groups is 1. The minimum absolute atomic E-state index is 0.00901. The normalized spacial score (nSPS) is 10.4. The van der Waals surface area contributed by atoms with Crippen LogP contribution in [-0.2, 0) is 0 Å². The minimum Gasteiger partial charge on any atom is -0.338 e. The second kappa shape index (κ2) is 7.09. The Balaban J connectivity index is 1.81. The Morgan fingerprint density at radius 1 is 1.00 bits per heavy atom. The van der Waals surface area contributed by atoms with Crippen LogP contribution in [0.2, 0.25) is 0 Å². The van der Waals surface area contributed by atoms with Gasteiger partial charge in [-0.2, -0.15) is 4.98 Å². The summed E-state index contributed by atoms with van der Waals surface area (Å²) in [5, 5.41) is 6.04. The lowest BCUT2D eigenvalue weighted by molar-refractivity contribution is 0.101. The Morgan fingerprint density at radius 3 is 2.40 bits per heavy atom. The molecule has 0 atom stereocenters. The van der Waals surface area contributed by atoms with Gasteiger partial charge in [0.2, 0.25) is 5.95 Å². The van der Waals surface area contributed by atoms with Gasteiger partial charge in [0.1, 0.15) is 11.6 Å². The van der Waals surface area contributed by atoms with Crippen LogP contribution in [0.15, 0.2) is 54.6 Å². The molecule has 2 aromatic carbocycles. The fraction of sp³-hybridized carbons (Fsp3) is 0.105. The Kier molecular flexibility index (Phi) is 4.70. The first kappa shape index (κ1) is 16.6. The second-order valence-corrected chi connectivity index (χ2v) is 5.58. The van der Waals surface area contributed by atoms with E-state index < -0.39 is 0 Å². The van der Waals surface area contributed by atoms with Gasteiger partial charge in [0, 0.05) is 23.0 Å². The lowest BCUT2D eigenvalue weighted by Gasteiger charge is -2.10. The highest BCUT2D eigenvalue weighted by Crippen LogP contribution is 2.21. The molecule has 6 heteroatoms. The summed E-state index contributed by atoms with van der Waals surface area (Å²) in [6.07, 6.45) is 0. The Morgan fingerprint density at radius 2 is 1.72 bits per heavy atom. The van der Waals surface area contributed by atoms with Crippen molar-refractivity contribution in [1.82, 2.24) is 9.97 Å². The maximum absolute atomic E-state index is 13.8. The van der Waals surface area contributed by atoms with E-state index in [0.29, 0.717) is 23.0 Å². The molecule has 3 aromatic rings. The molecule has 1 aromatic heterocycles. The van der Waals surface area contributed by atoms with Gasteiger partial charge in [0.15, 0.2) is 5.78 Å². The van der Waals surface area contributed by atoms with E-state index in [1.54, 1.807) is 48.5 Å². The molecule has 0 radical (unpaired) electrons. The number of rotatable bonds is 5. The summed E-state index contributed by atoms with van der Waals surface area (Å²) in [5.74, 6) is 0.526. The van der Waals surface area contributed by atoms with Gasteiger partial charge >= 0.3 is 0 Å². The van der Waals surface area contributed by atoms with Crippen molar-refractivity contribution in [3.05, 3.63) is 71.7 Å². The maximum atomic E-state index is 13.8. The smallest absolute Gasteiger partial charge is 0.229 e. The van der Waals surface area contributed by atoms with Crippen LogP contribution >= 0.6 is 0 Å². The molecular formula is C19H17FN4O. The predicted octanol–water partition coefficient (Wildman–Crippen LogP) is 4.61. The van der Waals surface area contributed by atoms with E-state index in [9.17, 15) is 9.18 Å². The fourth-order valence-electron chi connectivity index (χ4n) is 2.31. The zero-order valence-corrected chi connectivity index (χ0v) is 13.9. The standard InChI is InChI=1S/C19H17FN4O/c1-12-11-18(23-17-6-4-3-5-16(17)20)24-19(21-12)22-15-9-7-14(8-10-15)13(2)25/h3-11H,1-2H3,(H2,21,22,23,24). The van der Waals surface area contributed by atoms with Gasteiger partial charge in [-0.3, -0.25) is 4.79 Å². The summed E-state index contributed by atoms with van der Waals surface area (Å²) in [6, 6.07) is 15.2. The van der Waals surface area contributed by atoms with Crippen molar-refractivity contribution in [2.45, 2.75) is 13.8 Å². The van der Waals surface area contributed by atoms with Crippen LogP contribution < -0.4 is 10.6 Å². The largest absolute Gasteiger partial charge is 0.338 e. The van der Waals surface area contributed by atoms with Crippen LogP contribution in [0.1, 0.15) is 23.0 Å². The van der Waals surface area contributed by atoms with E-state index in [2.05, 4.69) is 20.6 Å². The quantitative estimate of drug-likeness (QED) is 0.666. The predicted molar refractivity (Wildman–Crippen MR) is 96.2 cm³/mol. The second-order valence-electron chi connectivity index (χ2n) is 5.58. The third-order valence-corrected chi connectivity index (χ3v) is 3.54. The molecule has 0 aliphatic rings. The maximum Gasteiger partial charge on any atom is 0.229 e. The number of nitrogens with one attached hydrogen (secondary N) is 2. The molecular weight excluding hydrogens is 319 g/mol. The van der Waals surface area contributed by atoms with Gasteiger partial charge in [0.25, 0.3) is 0 Å². The molecule has 0 saturated heterocycles. The number of Topliss-reactive ketones (excluding diaryl/α,β-unsaturated/α-hetero) is 1. The van der Waals surface area contributed by atoms with Crippen LogP contribution in [0.25, 0.3) is 0 Å². The Labute approximate surface area is 145 Å². The third kappa shape index (κ3) is 4.17. The van der Waals surface area contributed by atoms with E-state index >= 15 is 0 Å². The highest BCUT2D eigenvalue weighted by Gasteiger charge is 2.06. The van der Waals surface area contributed by atoms with Gasteiger partial charge in [-0.15, -0.1) is 0 Å². The summed E-state index contributed by atoms with van der Waals surface area (Å²) in [5.41, 5.74) is 2.47. The number of ketones is 1. The van der Waals surface area contributed by atoms with Gasteiger partial charge in [-0.05, 0) is 50.2 Å². The van der Waals surface area contributed by atoms with E-state index in [1.165, 1.54) is 13.0 Å². The first-order valence-corrected chi connectivity index (χ1v) is 7.76. The van der Waals surface area contributed by atoms with Crippen LogP contribution in [0.3, 0.4) is 0 Å². The van der Waals surface area contributed by atoms with Crippen LogP contribution in [0.5, 0.6) is 0 Å². The van der Waals surface area contributed by atoms with Crippen LogP contribution in [0.4, 0.5) is 27.5 Å². The molecule has 0 fully saturated rings. The molecule has 126 valence electrons. The number of para-hydroxylation sites is 1. The number of anilines is 4. The van der Waals surface area contributed by atoms with E-state index in [-0.39, 0.29) is 11.6 Å². The highest BCUT2D eigenvalue weighted by molar-refractivity contribution is 5.94. The molecule has 0 aliphatic carbocycles. The summed E-state index contributed by atoms with van der Waals surface area (Å²) in [4.78, 5) is 20.0. The SMILES string of the molecule is CC(=O)c1ccc(Nc2nc(C)cc(Nc3ccccc3F)n2)cc1. The molecule has 25 heavy (non-hydrogen) atoms. The topological polar surface area (TPSA) is 66.9 Å². The zero-order valence-electron chi connectivity index (χ0n) is 13.9. The van der Waals surface area contributed by atoms with E-state index in [4.69, 9.17) is 0 Å². The Hall–Kier alpha value is -3.28. The summed E-state index contributed by atoms with van der Waals surface area (Å²) in [7, 11) is 0. The molecule has 0 saturated carbocycles. The summed E-state index contributed by atoms with van der Waals surface area (Å²) >= 11 is 0. The lowest BCUT2D eigenvalue weighted by atomic mass is 10.1. The lowest BCUT2D eigenvalue weighted by Crippen LogP contribution is -2.03. The first-order valence-electron chi connectivity index (χ1n) is 7.76. The molecule has 0 aliphatic heterocycles. The van der Waals surface area contributed by atoms with Gasteiger partial charge < -0.3 is 10.6 Å². The molecule has 0 amide bonds. The summed E-state index contributed by atoms with van der Waals surface area (Å²) in [6.45, 7) is 3.35. The van der Waals surface area contributed by atoms with Crippen molar-refractivity contribution in [3.63, 3.8) is 0 Å². The van der Waals surface area contributed by atoms with Crippen molar-refractivity contribution >= 4 is 28.9 Å². The van der Waals surface area contributed by atoms with Crippen molar-refractivity contribution in [3.8, 4) is 0 Å². The highest BCUT2D eigenvalue weighted by atomic mass is 19.1.